The molecule has 0 heterocycles. The van der Waals surface area contributed by atoms with Gasteiger partial charge >= 0.3 is 0 Å². The molecule has 3 N–H and O–H groups in total. The standard InChI is InChI=1S/C25H30N2O4/c28-14-13-26-25(30)23(15-17-3-5-19(6-4-17)20-7-8-20)27-24(29)21-9-11-22(12-10-21)31-16-18-1-2-18/h3-6,9-12,18,20,23,28H,1-2,7-8,13-16H2,(H,26,30)(H,27,29). The van der Waals surface area contributed by atoms with E-state index in [-0.39, 0.29) is 25.0 Å². The lowest BCUT2D eigenvalue weighted by atomic mass is 10.0. The molecule has 164 valence electrons. The van der Waals surface area contributed by atoms with E-state index in [0.29, 0.717) is 23.8 Å². The maximum absolute atomic E-state index is 12.8. The van der Waals surface area contributed by atoms with Crippen molar-refractivity contribution in [3.63, 3.8) is 0 Å². The Morgan fingerprint density at radius 1 is 1.00 bits per heavy atom. The van der Waals surface area contributed by atoms with E-state index in [1.165, 1.54) is 31.2 Å². The predicted molar refractivity (Wildman–Crippen MR) is 118 cm³/mol. The normalized spacial score (nSPS) is 16.4. The highest BCUT2D eigenvalue weighted by molar-refractivity contribution is 5.97. The van der Waals surface area contributed by atoms with Crippen molar-refractivity contribution >= 4 is 11.8 Å². The van der Waals surface area contributed by atoms with Crippen molar-refractivity contribution in [3.05, 3.63) is 65.2 Å². The minimum atomic E-state index is -0.725. The second-order valence-electron chi connectivity index (χ2n) is 8.54. The molecule has 0 spiro atoms. The van der Waals surface area contributed by atoms with Crippen LogP contribution in [0.1, 0.15) is 53.1 Å². The number of aliphatic hydroxyl groups excluding tert-OH is 1. The van der Waals surface area contributed by atoms with Crippen LogP contribution in [0.5, 0.6) is 5.75 Å². The Balaban J connectivity index is 1.38. The number of carbonyl (C=O) groups excluding carboxylic acids is 2. The molecule has 4 rings (SSSR count). The molecule has 1 unspecified atom stereocenters. The van der Waals surface area contributed by atoms with Crippen molar-refractivity contribution in [2.75, 3.05) is 19.8 Å². The molecule has 0 aliphatic heterocycles. The van der Waals surface area contributed by atoms with Gasteiger partial charge in [-0.3, -0.25) is 9.59 Å². The quantitative estimate of drug-likeness (QED) is 0.520. The van der Waals surface area contributed by atoms with Crippen molar-refractivity contribution in [2.45, 2.75) is 44.1 Å². The maximum atomic E-state index is 12.8. The molecule has 0 aromatic heterocycles. The summed E-state index contributed by atoms with van der Waals surface area (Å²) in [6.45, 7) is 0.724. The first-order valence-electron chi connectivity index (χ1n) is 11.1. The van der Waals surface area contributed by atoms with Gasteiger partial charge in [0.15, 0.2) is 0 Å². The zero-order valence-corrected chi connectivity index (χ0v) is 17.7. The van der Waals surface area contributed by atoms with Gasteiger partial charge in [-0.1, -0.05) is 24.3 Å². The van der Waals surface area contributed by atoms with Crippen molar-refractivity contribution in [1.29, 1.82) is 0 Å². The highest BCUT2D eigenvalue weighted by Crippen LogP contribution is 2.39. The molecule has 0 radical (unpaired) electrons. The number of aliphatic hydroxyl groups is 1. The van der Waals surface area contributed by atoms with E-state index in [4.69, 9.17) is 9.84 Å². The fourth-order valence-electron chi connectivity index (χ4n) is 3.53. The average molecular weight is 423 g/mol. The van der Waals surface area contributed by atoms with Crippen molar-refractivity contribution in [2.24, 2.45) is 5.92 Å². The Hall–Kier alpha value is -2.86. The number of hydrogen-bond donors (Lipinski definition) is 3. The third kappa shape index (κ3) is 6.31. The molecule has 6 heteroatoms. The van der Waals surface area contributed by atoms with Crippen LogP contribution in [0.25, 0.3) is 0 Å². The summed E-state index contributed by atoms with van der Waals surface area (Å²) in [6.07, 6.45) is 5.32. The molecule has 2 aliphatic rings. The molecule has 6 nitrogen and oxygen atoms in total. The molecule has 2 amide bonds. The van der Waals surface area contributed by atoms with E-state index in [0.717, 1.165) is 17.9 Å². The SMILES string of the molecule is O=C(NC(Cc1ccc(C2CC2)cc1)C(=O)NCCO)c1ccc(OCC2CC2)cc1. The summed E-state index contributed by atoms with van der Waals surface area (Å²) in [7, 11) is 0. The van der Waals surface area contributed by atoms with E-state index in [2.05, 4.69) is 22.8 Å². The summed E-state index contributed by atoms with van der Waals surface area (Å²) in [5, 5.41) is 14.5. The second kappa shape index (κ2) is 9.96. The summed E-state index contributed by atoms with van der Waals surface area (Å²) in [5.74, 6) is 1.47. The minimum Gasteiger partial charge on any atom is -0.493 e. The lowest BCUT2D eigenvalue weighted by Crippen LogP contribution is -2.48. The number of carbonyl (C=O) groups is 2. The van der Waals surface area contributed by atoms with Gasteiger partial charge in [0.05, 0.1) is 13.2 Å². The van der Waals surface area contributed by atoms with Crippen LogP contribution in [0.2, 0.25) is 0 Å². The molecule has 2 aliphatic carbocycles. The summed E-state index contributed by atoms with van der Waals surface area (Å²) in [4.78, 5) is 25.4. The van der Waals surface area contributed by atoms with Crippen LogP contribution in [0, 0.1) is 5.92 Å². The third-order valence-corrected chi connectivity index (χ3v) is 5.80. The number of benzene rings is 2. The maximum Gasteiger partial charge on any atom is 0.251 e. The van der Waals surface area contributed by atoms with Crippen LogP contribution >= 0.6 is 0 Å². The second-order valence-corrected chi connectivity index (χ2v) is 8.54. The number of rotatable bonds is 11. The van der Waals surface area contributed by atoms with Crippen LogP contribution in [0.4, 0.5) is 0 Å². The monoisotopic (exact) mass is 422 g/mol. The lowest BCUT2D eigenvalue weighted by Gasteiger charge is -2.19. The molecule has 1 atom stereocenters. The van der Waals surface area contributed by atoms with Gasteiger partial charge in [-0.15, -0.1) is 0 Å². The summed E-state index contributed by atoms with van der Waals surface area (Å²) in [6, 6.07) is 14.5. The van der Waals surface area contributed by atoms with Gasteiger partial charge < -0.3 is 20.5 Å². The zero-order chi connectivity index (χ0) is 21.6. The molecule has 2 aromatic rings. The molecular weight excluding hydrogens is 392 g/mol. The highest BCUT2D eigenvalue weighted by Gasteiger charge is 2.25. The summed E-state index contributed by atoms with van der Waals surface area (Å²) >= 11 is 0. The van der Waals surface area contributed by atoms with E-state index in [1.807, 2.05) is 12.1 Å². The molecule has 2 fully saturated rings. The van der Waals surface area contributed by atoms with Crippen molar-refractivity contribution < 1.29 is 19.4 Å². The molecule has 0 saturated heterocycles. The van der Waals surface area contributed by atoms with Gasteiger partial charge in [0.2, 0.25) is 5.91 Å². The summed E-state index contributed by atoms with van der Waals surface area (Å²) in [5.41, 5.74) is 2.79. The smallest absolute Gasteiger partial charge is 0.251 e. The molecule has 31 heavy (non-hydrogen) atoms. The van der Waals surface area contributed by atoms with E-state index >= 15 is 0 Å². The number of amides is 2. The Labute approximate surface area is 183 Å². The van der Waals surface area contributed by atoms with Crippen LogP contribution in [0.3, 0.4) is 0 Å². The molecule has 2 saturated carbocycles. The van der Waals surface area contributed by atoms with Crippen LogP contribution in [0.15, 0.2) is 48.5 Å². The molecule has 2 aromatic carbocycles. The molecule has 0 bridgehead atoms. The first-order valence-corrected chi connectivity index (χ1v) is 11.1. The Morgan fingerprint density at radius 3 is 2.32 bits per heavy atom. The zero-order valence-electron chi connectivity index (χ0n) is 17.7. The molecular formula is C25H30N2O4. The first-order chi connectivity index (χ1) is 15.1. The lowest BCUT2D eigenvalue weighted by molar-refractivity contribution is -0.123. The summed E-state index contributed by atoms with van der Waals surface area (Å²) < 4.78 is 5.72. The fraction of sp³-hybridized carbons (Fsp3) is 0.440. The number of ether oxygens (including phenoxy) is 1. The van der Waals surface area contributed by atoms with Crippen molar-refractivity contribution in [3.8, 4) is 5.75 Å². The minimum absolute atomic E-state index is 0.148. The van der Waals surface area contributed by atoms with Gasteiger partial charge in [0.1, 0.15) is 11.8 Å². The predicted octanol–water partition coefficient (Wildman–Crippen LogP) is 2.80. The largest absolute Gasteiger partial charge is 0.493 e. The van der Waals surface area contributed by atoms with Gasteiger partial charge in [-0.05, 0) is 72.9 Å². The first kappa shape index (κ1) is 21.4. The van der Waals surface area contributed by atoms with Crippen LogP contribution < -0.4 is 15.4 Å². The Bertz CT molecular complexity index is 887. The topological polar surface area (TPSA) is 87.7 Å². The fourth-order valence-corrected chi connectivity index (χ4v) is 3.53. The van der Waals surface area contributed by atoms with E-state index in [9.17, 15) is 9.59 Å². The van der Waals surface area contributed by atoms with Crippen LogP contribution in [-0.4, -0.2) is 42.7 Å². The van der Waals surface area contributed by atoms with Crippen molar-refractivity contribution in [1.82, 2.24) is 10.6 Å². The van der Waals surface area contributed by atoms with Crippen LogP contribution in [-0.2, 0) is 11.2 Å². The van der Waals surface area contributed by atoms with E-state index < -0.39 is 6.04 Å². The Kier molecular flexibility index (Phi) is 6.87. The van der Waals surface area contributed by atoms with Gasteiger partial charge in [-0.25, -0.2) is 0 Å². The third-order valence-electron chi connectivity index (χ3n) is 5.80. The number of nitrogens with one attached hydrogen (secondary N) is 2. The Morgan fingerprint density at radius 2 is 1.71 bits per heavy atom. The van der Waals surface area contributed by atoms with Gasteiger partial charge in [0, 0.05) is 18.5 Å². The highest BCUT2D eigenvalue weighted by atomic mass is 16.5. The average Bonchev–Trinajstić information content (AvgIpc) is 3.70. The number of hydrogen-bond acceptors (Lipinski definition) is 4. The van der Waals surface area contributed by atoms with E-state index in [1.54, 1.807) is 24.3 Å². The van der Waals surface area contributed by atoms with Gasteiger partial charge in [0.25, 0.3) is 5.91 Å². The van der Waals surface area contributed by atoms with Gasteiger partial charge in [-0.2, -0.15) is 0 Å².